The van der Waals surface area contributed by atoms with Crippen LogP contribution in [0.1, 0.15) is 10.4 Å². The number of carbonyl (C=O) groups excluding carboxylic acids is 1. The lowest BCUT2D eigenvalue weighted by atomic mass is 10.1. The molecule has 1 aromatic heterocycles. The highest BCUT2D eigenvalue weighted by molar-refractivity contribution is 6.05. The zero-order valence-electron chi connectivity index (χ0n) is 20.2. The van der Waals surface area contributed by atoms with Gasteiger partial charge in [-0.3, -0.25) is 9.59 Å². The normalized spacial score (nSPS) is 11.7. The van der Waals surface area contributed by atoms with Gasteiger partial charge in [0.05, 0.1) is 14.2 Å². The molecule has 38 heavy (non-hydrogen) atoms. The minimum atomic E-state index is -1.23. The predicted molar refractivity (Wildman–Crippen MR) is 135 cm³/mol. The highest BCUT2D eigenvalue weighted by atomic mass is 16.7. The molecule has 0 radical (unpaired) electrons. The number of fused-ring (bicyclic) bond motifs is 2. The van der Waals surface area contributed by atoms with Gasteiger partial charge in [-0.2, -0.15) is 0 Å². The summed E-state index contributed by atoms with van der Waals surface area (Å²) in [6, 6.07) is 14.3. The maximum absolute atomic E-state index is 13.2. The molecule has 0 saturated heterocycles. The van der Waals surface area contributed by atoms with E-state index in [0.29, 0.717) is 28.3 Å². The molecule has 0 fully saturated rings. The van der Waals surface area contributed by atoms with Gasteiger partial charge in [-0.15, -0.1) is 0 Å². The standard InChI is InChI=1S/C27H21NO10/c1-33-22-11-21-24(26(25(22)34-2)35-12-23(30)31)17(29)10-19(38-21)14-4-3-5-16(8-14)28-27(32)15-6-7-18-20(9-15)37-13-36-18/h3-11H,12-13H2,1-2H3,(H,28,32)(H,30,31). The van der Waals surface area contributed by atoms with Gasteiger partial charge in [-0.05, 0) is 30.3 Å². The van der Waals surface area contributed by atoms with Crippen LogP contribution in [-0.4, -0.2) is 44.6 Å². The molecule has 1 amide bonds. The number of amides is 1. The van der Waals surface area contributed by atoms with Crippen LogP contribution >= 0.6 is 0 Å². The third kappa shape index (κ3) is 4.64. The molecular weight excluding hydrogens is 498 g/mol. The molecule has 11 heteroatoms. The number of benzene rings is 3. The van der Waals surface area contributed by atoms with Crippen LogP contribution in [0.15, 0.2) is 63.8 Å². The molecule has 2 heterocycles. The molecule has 0 bridgehead atoms. The first-order valence-corrected chi connectivity index (χ1v) is 11.3. The molecule has 11 nitrogen and oxygen atoms in total. The molecule has 194 valence electrons. The smallest absolute Gasteiger partial charge is 0.341 e. The highest BCUT2D eigenvalue weighted by Crippen LogP contribution is 2.43. The van der Waals surface area contributed by atoms with Gasteiger partial charge in [0, 0.05) is 28.9 Å². The average molecular weight is 519 g/mol. The monoisotopic (exact) mass is 519 g/mol. The van der Waals surface area contributed by atoms with Crippen molar-refractivity contribution in [1.82, 2.24) is 0 Å². The van der Waals surface area contributed by atoms with Gasteiger partial charge < -0.3 is 38.5 Å². The van der Waals surface area contributed by atoms with E-state index in [1.807, 2.05) is 0 Å². The van der Waals surface area contributed by atoms with E-state index in [9.17, 15) is 14.4 Å². The largest absolute Gasteiger partial charge is 0.493 e. The summed E-state index contributed by atoms with van der Waals surface area (Å²) in [5.74, 6) is -0.183. The van der Waals surface area contributed by atoms with Crippen molar-refractivity contribution in [3.63, 3.8) is 0 Å². The summed E-state index contributed by atoms with van der Waals surface area (Å²) < 4.78 is 32.6. The summed E-state index contributed by atoms with van der Waals surface area (Å²) in [7, 11) is 2.73. The van der Waals surface area contributed by atoms with Crippen LogP contribution in [0.3, 0.4) is 0 Å². The lowest BCUT2D eigenvalue weighted by Gasteiger charge is -2.15. The summed E-state index contributed by atoms with van der Waals surface area (Å²) in [4.78, 5) is 37.1. The molecule has 4 aromatic rings. The van der Waals surface area contributed by atoms with E-state index in [1.165, 1.54) is 26.4 Å². The van der Waals surface area contributed by atoms with Crippen LogP contribution in [0.2, 0.25) is 0 Å². The zero-order valence-corrected chi connectivity index (χ0v) is 20.2. The lowest BCUT2D eigenvalue weighted by Crippen LogP contribution is -2.13. The SMILES string of the molecule is COc1cc2oc(-c3cccc(NC(=O)c4ccc5c(c4)OCO5)c3)cc(=O)c2c(OCC(=O)O)c1OC. The Labute approximate surface area is 215 Å². The minimum Gasteiger partial charge on any atom is -0.493 e. The van der Waals surface area contributed by atoms with E-state index >= 15 is 0 Å². The Hall–Kier alpha value is -5.19. The fourth-order valence-electron chi connectivity index (χ4n) is 4.00. The van der Waals surface area contributed by atoms with Crippen LogP contribution in [0.5, 0.6) is 28.7 Å². The van der Waals surface area contributed by atoms with Crippen molar-refractivity contribution >= 4 is 28.5 Å². The molecular formula is C27H21NO10. The number of carboxylic acid groups (broad SMARTS) is 1. The Balaban J connectivity index is 1.50. The maximum Gasteiger partial charge on any atom is 0.341 e. The molecule has 2 N–H and O–H groups in total. The quantitative estimate of drug-likeness (QED) is 0.352. The van der Waals surface area contributed by atoms with Crippen LogP contribution in [0, 0.1) is 0 Å². The number of hydrogen-bond acceptors (Lipinski definition) is 9. The van der Waals surface area contributed by atoms with Crippen molar-refractivity contribution in [2.45, 2.75) is 0 Å². The van der Waals surface area contributed by atoms with E-state index in [0.717, 1.165) is 0 Å². The Morgan fingerprint density at radius 1 is 0.974 bits per heavy atom. The fourth-order valence-corrected chi connectivity index (χ4v) is 4.00. The van der Waals surface area contributed by atoms with Gasteiger partial charge in [-0.25, -0.2) is 4.79 Å². The number of methoxy groups -OCH3 is 2. The number of carboxylic acids is 1. The number of nitrogens with one attached hydrogen (secondary N) is 1. The predicted octanol–water partition coefficient (Wildman–Crippen LogP) is 3.92. The summed E-state index contributed by atoms with van der Waals surface area (Å²) in [5.41, 5.74) is 0.963. The van der Waals surface area contributed by atoms with Crippen LogP contribution in [-0.2, 0) is 4.79 Å². The molecule has 0 spiro atoms. The van der Waals surface area contributed by atoms with Gasteiger partial charge in [0.2, 0.25) is 12.5 Å². The first-order valence-electron chi connectivity index (χ1n) is 11.3. The number of carbonyl (C=O) groups is 2. The first kappa shape index (κ1) is 24.5. The first-order chi connectivity index (χ1) is 18.4. The zero-order chi connectivity index (χ0) is 26.8. The Kier molecular flexibility index (Phi) is 6.48. The Bertz CT molecular complexity index is 1620. The molecule has 0 aliphatic carbocycles. The summed E-state index contributed by atoms with van der Waals surface area (Å²) in [6.45, 7) is -0.601. The number of aliphatic carboxylic acids is 1. The number of hydrogen-bond donors (Lipinski definition) is 2. The van der Waals surface area contributed by atoms with Gasteiger partial charge in [0.1, 0.15) is 16.7 Å². The Morgan fingerprint density at radius 2 is 1.79 bits per heavy atom. The second-order valence-electron chi connectivity index (χ2n) is 8.07. The summed E-state index contributed by atoms with van der Waals surface area (Å²) in [5, 5.41) is 11.9. The second-order valence-corrected chi connectivity index (χ2v) is 8.07. The molecule has 1 aliphatic heterocycles. The van der Waals surface area contributed by atoms with E-state index < -0.39 is 18.0 Å². The van der Waals surface area contributed by atoms with Crippen LogP contribution in [0.25, 0.3) is 22.3 Å². The third-order valence-corrected chi connectivity index (χ3v) is 5.70. The highest BCUT2D eigenvalue weighted by Gasteiger charge is 2.22. The summed E-state index contributed by atoms with van der Waals surface area (Å²) in [6.07, 6.45) is 0. The number of anilines is 1. The fraction of sp³-hybridized carbons (Fsp3) is 0.148. The average Bonchev–Trinajstić information content (AvgIpc) is 3.39. The minimum absolute atomic E-state index is 0.0000782. The summed E-state index contributed by atoms with van der Waals surface area (Å²) >= 11 is 0. The van der Waals surface area contributed by atoms with Crippen LogP contribution < -0.4 is 34.4 Å². The van der Waals surface area contributed by atoms with Crippen molar-refractivity contribution in [3.05, 3.63) is 70.4 Å². The molecule has 3 aromatic carbocycles. The Morgan fingerprint density at radius 3 is 2.55 bits per heavy atom. The van der Waals surface area contributed by atoms with Crippen molar-refractivity contribution < 1.29 is 42.8 Å². The van der Waals surface area contributed by atoms with E-state index in [2.05, 4.69) is 5.32 Å². The van der Waals surface area contributed by atoms with E-state index in [-0.39, 0.29) is 46.7 Å². The van der Waals surface area contributed by atoms with Gasteiger partial charge in [0.15, 0.2) is 35.0 Å². The van der Waals surface area contributed by atoms with Crippen LogP contribution in [0.4, 0.5) is 5.69 Å². The maximum atomic E-state index is 13.2. The van der Waals surface area contributed by atoms with Crippen molar-refractivity contribution in [2.75, 3.05) is 32.9 Å². The molecule has 0 saturated carbocycles. The topological polar surface area (TPSA) is 143 Å². The molecule has 0 unspecified atom stereocenters. The number of rotatable bonds is 8. The van der Waals surface area contributed by atoms with Gasteiger partial charge >= 0.3 is 5.97 Å². The molecule has 1 aliphatic rings. The third-order valence-electron chi connectivity index (χ3n) is 5.70. The van der Waals surface area contributed by atoms with Crippen molar-refractivity contribution in [1.29, 1.82) is 0 Å². The van der Waals surface area contributed by atoms with E-state index in [4.69, 9.17) is 33.2 Å². The van der Waals surface area contributed by atoms with Gasteiger partial charge in [-0.1, -0.05) is 12.1 Å². The second kappa shape index (κ2) is 10.1. The van der Waals surface area contributed by atoms with E-state index in [1.54, 1.807) is 42.5 Å². The number of ether oxygens (including phenoxy) is 5. The van der Waals surface area contributed by atoms with Crippen molar-refractivity contribution in [2.24, 2.45) is 0 Å². The molecule has 5 rings (SSSR count). The molecule has 0 atom stereocenters. The van der Waals surface area contributed by atoms with Crippen molar-refractivity contribution in [3.8, 4) is 40.1 Å². The lowest BCUT2D eigenvalue weighted by molar-refractivity contribution is -0.139. The van der Waals surface area contributed by atoms with Gasteiger partial charge in [0.25, 0.3) is 5.91 Å².